The van der Waals surface area contributed by atoms with E-state index in [0.717, 1.165) is 45.7 Å². The number of benzene rings is 3. The van der Waals surface area contributed by atoms with Crippen LogP contribution in [0.5, 0.6) is 5.75 Å². The smallest absolute Gasteiger partial charge is 0.141 e. The van der Waals surface area contributed by atoms with E-state index in [1.165, 1.54) is 18.5 Å². The fraction of sp³-hybridized carbons (Fsp3) is 0.172. The summed E-state index contributed by atoms with van der Waals surface area (Å²) in [6, 6.07) is 21.7. The van der Waals surface area contributed by atoms with Crippen molar-refractivity contribution in [3.8, 4) is 17.1 Å². The lowest BCUT2D eigenvalue weighted by molar-refractivity contribution is 0.306. The molecular formula is C29H25ClFN3O2. The van der Waals surface area contributed by atoms with E-state index in [0.29, 0.717) is 22.5 Å². The molecule has 0 unspecified atom stereocenters. The summed E-state index contributed by atoms with van der Waals surface area (Å²) in [7, 11) is 0. The topological polar surface area (TPSA) is 60.2 Å². The Morgan fingerprint density at radius 3 is 2.69 bits per heavy atom. The number of nitrogens with one attached hydrogen (secondary N) is 1. The van der Waals surface area contributed by atoms with Crippen molar-refractivity contribution in [2.75, 3.05) is 5.32 Å². The number of aromatic nitrogens is 2. The van der Waals surface area contributed by atoms with Crippen LogP contribution in [0.1, 0.15) is 25.2 Å². The largest absolute Gasteiger partial charge is 0.487 e. The molecule has 0 saturated heterocycles. The van der Waals surface area contributed by atoms with Crippen molar-refractivity contribution in [2.24, 2.45) is 5.92 Å². The second-order valence-corrected chi connectivity index (χ2v) is 9.41. The van der Waals surface area contributed by atoms with Crippen molar-refractivity contribution in [2.45, 2.75) is 26.9 Å². The summed E-state index contributed by atoms with van der Waals surface area (Å²) in [4.78, 5) is 8.85. The first-order chi connectivity index (χ1) is 17.4. The molecule has 0 aliphatic heterocycles. The second kappa shape index (κ2) is 10.4. The van der Waals surface area contributed by atoms with E-state index in [1.807, 2.05) is 36.4 Å². The average molecular weight is 502 g/mol. The Balaban J connectivity index is 1.36. The molecule has 0 aliphatic rings. The fourth-order valence-electron chi connectivity index (χ4n) is 3.97. The minimum absolute atomic E-state index is 0.218. The number of furan rings is 1. The second-order valence-electron chi connectivity index (χ2n) is 9.01. The number of halogens is 2. The fourth-order valence-corrected chi connectivity index (χ4v) is 4.21. The number of rotatable bonds is 8. The number of hydrogen-bond donors (Lipinski definition) is 1. The lowest BCUT2D eigenvalue weighted by Gasteiger charge is -2.12. The van der Waals surface area contributed by atoms with Gasteiger partial charge in [-0.05, 0) is 72.1 Å². The standard InChI is InChI=1S/C29H25ClFN3O2/c1-18(2)12-23-8-11-27(36-23)20-6-9-26-24(14-20)29(33-17-32-26)34-22-7-10-28(25(30)15-22)35-16-19-4-3-5-21(31)13-19/h3-11,13-15,17-18H,12,16H2,1-2H3,(H,32,33,34). The summed E-state index contributed by atoms with van der Waals surface area (Å²) in [5.41, 5.74) is 3.24. The molecule has 2 aromatic heterocycles. The monoisotopic (exact) mass is 501 g/mol. The van der Waals surface area contributed by atoms with Crippen LogP contribution in [0, 0.1) is 11.7 Å². The maximum atomic E-state index is 13.4. The first kappa shape index (κ1) is 23.8. The third-order valence-corrected chi connectivity index (χ3v) is 5.96. The van der Waals surface area contributed by atoms with Crippen molar-refractivity contribution in [1.82, 2.24) is 9.97 Å². The Hall–Kier alpha value is -3.90. The van der Waals surface area contributed by atoms with Crippen molar-refractivity contribution in [1.29, 1.82) is 0 Å². The van der Waals surface area contributed by atoms with Crippen LogP contribution in [0.2, 0.25) is 5.02 Å². The van der Waals surface area contributed by atoms with Gasteiger partial charge in [0, 0.05) is 23.1 Å². The van der Waals surface area contributed by atoms with E-state index < -0.39 is 0 Å². The van der Waals surface area contributed by atoms with Gasteiger partial charge in [0.1, 0.15) is 41.8 Å². The lowest BCUT2D eigenvalue weighted by Crippen LogP contribution is -1.99. The number of hydrogen-bond acceptors (Lipinski definition) is 5. The lowest BCUT2D eigenvalue weighted by atomic mass is 10.1. The van der Waals surface area contributed by atoms with Crippen LogP contribution in [-0.2, 0) is 13.0 Å². The summed E-state index contributed by atoms with van der Waals surface area (Å²) in [5.74, 6) is 3.17. The van der Waals surface area contributed by atoms with Crippen molar-refractivity contribution in [3.63, 3.8) is 0 Å². The molecule has 3 aromatic carbocycles. The average Bonchev–Trinajstić information content (AvgIpc) is 3.31. The van der Waals surface area contributed by atoms with Gasteiger partial charge in [-0.2, -0.15) is 0 Å². The van der Waals surface area contributed by atoms with Crippen LogP contribution in [0.3, 0.4) is 0 Å². The van der Waals surface area contributed by atoms with Gasteiger partial charge < -0.3 is 14.5 Å². The van der Waals surface area contributed by atoms with Gasteiger partial charge >= 0.3 is 0 Å². The van der Waals surface area contributed by atoms with Gasteiger partial charge in [-0.15, -0.1) is 0 Å². The predicted molar refractivity (Wildman–Crippen MR) is 141 cm³/mol. The highest BCUT2D eigenvalue weighted by Crippen LogP contribution is 2.33. The molecule has 0 aliphatic carbocycles. The first-order valence-electron chi connectivity index (χ1n) is 11.7. The molecule has 5 nitrogen and oxygen atoms in total. The number of nitrogens with zero attached hydrogens (tertiary/aromatic N) is 2. The van der Waals surface area contributed by atoms with E-state index >= 15 is 0 Å². The minimum atomic E-state index is -0.301. The third-order valence-electron chi connectivity index (χ3n) is 5.67. The highest BCUT2D eigenvalue weighted by atomic mass is 35.5. The molecule has 182 valence electrons. The van der Waals surface area contributed by atoms with Gasteiger partial charge in [-0.3, -0.25) is 0 Å². The van der Waals surface area contributed by atoms with E-state index in [9.17, 15) is 4.39 Å². The molecule has 5 aromatic rings. The van der Waals surface area contributed by atoms with Crippen LogP contribution >= 0.6 is 11.6 Å². The van der Waals surface area contributed by atoms with Crippen LogP contribution in [0.15, 0.2) is 83.5 Å². The molecular weight excluding hydrogens is 477 g/mol. The van der Waals surface area contributed by atoms with Crippen LogP contribution in [0.25, 0.3) is 22.2 Å². The van der Waals surface area contributed by atoms with E-state index in [-0.39, 0.29) is 12.4 Å². The Morgan fingerprint density at radius 1 is 1.00 bits per heavy atom. The predicted octanol–water partition coefficient (Wildman–Crippen LogP) is 8.20. The molecule has 1 N–H and O–H groups in total. The number of fused-ring (bicyclic) bond motifs is 1. The maximum Gasteiger partial charge on any atom is 0.141 e. The summed E-state index contributed by atoms with van der Waals surface area (Å²) < 4.78 is 25.3. The normalized spacial score (nSPS) is 11.2. The van der Waals surface area contributed by atoms with Crippen molar-refractivity contribution < 1.29 is 13.5 Å². The molecule has 0 saturated carbocycles. The van der Waals surface area contributed by atoms with E-state index in [1.54, 1.807) is 24.3 Å². The number of anilines is 2. The SMILES string of the molecule is CC(C)Cc1ccc(-c2ccc3ncnc(Nc4ccc(OCc5cccc(F)c5)c(Cl)c4)c3c2)o1. The molecule has 0 amide bonds. The van der Waals surface area contributed by atoms with Crippen LogP contribution < -0.4 is 10.1 Å². The van der Waals surface area contributed by atoms with Crippen LogP contribution in [0.4, 0.5) is 15.9 Å². The first-order valence-corrected chi connectivity index (χ1v) is 12.1. The summed E-state index contributed by atoms with van der Waals surface area (Å²) in [6.07, 6.45) is 2.42. The van der Waals surface area contributed by atoms with Crippen molar-refractivity contribution >= 4 is 34.0 Å². The molecule has 0 fully saturated rings. The molecule has 2 heterocycles. The minimum Gasteiger partial charge on any atom is -0.487 e. The van der Waals surface area contributed by atoms with Gasteiger partial charge in [-0.1, -0.05) is 37.6 Å². The number of ether oxygens (including phenoxy) is 1. The van der Waals surface area contributed by atoms with Gasteiger partial charge in [0.25, 0.3) is 0 Å². The molecule has 5 rings (SSSR count). The van der Waals surface area contributed by atoms with Gasteiger partial charge in [0.2, 0.25) is 0 Å². The highest BCUT2D eigenvalue weighted by molar-refractivity contribution is 6.32. The zero-order valence-electron chi connectivity index (χ0n) is 20.0. The molecule has 36 heavy (non-hydrogen) atoms. The quantitative estimate of drug-likeness (QED) is 0.232. The maximum absolute atomic E-state index is 13.4. The Labute approximate surface area is 213 Å². The molecule has 0 radical (unpaired) electrons. The molecule has 7 heteroatoms. The van der Waals surface area contributed by atoms with Gasteiger partial charge in [0.15, 0.2) is 0 Å². The zero-order valence-corrected chi connectivity index (χ0v) is 20.7. The third kappa shape index (κ3) is 5.50. The molecule has 0 spiro atoms. The zero-order chi connectivity index (χ0) is 25.1. The summed E-state index contributed by atoms with van der Waals surface area (Å²) in [5, 5.41) is 4.63. The summed E-state index contributed by atoms with van der Waals surface area (Å²) >= 11 is 6.47. The summed E-state index contributed by atoms with van der Waals surface area (Å²) in [6.45, 7) is 4.56. The Kier molecular flexibility index (Phi) is 6.87. The van der Waals surface area contributed by atoms with E-state index in [2.05, 4.69) is 29.1 Å². The van der Waals surface area contributed by atoms with Gasteiger partial charge in [-0.25, -0.2) is 14.4 Å². The highest BCUT2D eigenvalue weighted by Gasteiger charge is 2.11. The Bertz CT molecular complexity index is 1520. The van der Waals surface area contributed by atoms with Gasteiger partial charge in [0.05, 0.1) is 10.5 Å². The molecule has 0 atom stereocenters. The van der Waals surface area contributed by atoms with Crippen LogP contribution in [-0.4, -0.2) is 9.97 Å². The van der Waals surface area contributed by atoms with E-state index in [4.69, 9.17) is 20.8 Å². The van der Waals surface area contributed by atoms with Crippen molar-refractivity contribution in [3.05, 3.63) is 101 Å². The molecule has 0 bridgehead atoms. The Morgan fingerprint density at radius 2 is 1.89 bits per heavy atom.